The van der Waals surface area contributed by atoms with Gasteiger partial charge in [0.05, 0.1) is 6.54 Å². The fourth-order valence-corrected chi connectivity index (χ4v) is 3.86. The Morgan fingerprint density at radius 3 is 2.85 bits per heavy atom. The molecule has 4 rings (SSSR count). The highest BCUT2D eigenvalue weighted by Gasteiger charge is 2.28. The molecular formula is C20H26N2O4. The summed E-state index contributed by atoms with van der Waals surface area (Å²) in [6.45, 7) is 6.95. The summed E-state index contributed by atoms with van der Waals surface area (Å²) in [5, 5.41) is 9.50. The molecule has 1 aromatic carbocycles. The standard InChI is InChI=1S/C20H26N2O4/c1-15-5-6-18(26-15)13-22-9-8-21(12-17(22)7-10-23)11-16-3-2-4-19-20(16)25-14-24-19/h2-6,17,23H,7-14H2,1H3/t17-/m1/s1. The number of aryl methyl sites for hydroxylation is 1. The van der Waals surface area contributed by atoms with Gasteiger partial charge in [0, 0.05) is 44.4 Å². The molecule has 1 atom stereocenters. The zero-order valence-corrected chi connectivity index (χ0v) is 15.2. The van der Waals surface area contributed by atoms with E-state index in [4.69, 9.17) is 13.9 Å². The highest BCUT2D eigenvalue weighted by molar-refractivity contribution is 5.48. The van der Waals surface area contributed by atoms with Crippen molar-refractivity contribution in [3.8, 4) is 11.5 Å². The molecule has 6 heteroatoms. The van der Waals surface area contributed by atoms with Crippen LogP contribution in [-0.4, -0.2) is 54.0 Å². The van der Waals surface area contributed by atoms with Crippen LogP contribution in [0.1, 0.15) is 23.5 Å². The maximum absolute atomic E-state index is 9.50. The van der Waals surface area contributed by atoms with Crippen LogP contribution in [0.3, 0.4) is 0 Å². The van der Waals surface area contributed by atoms with Gasteiger partial charge in [-0.2, -0.15) is 0 Å². The number of ether oxygens (including phenoxy) is 2. The second-order valence-corrected chi connectivity index (χ2v) is 7.03. The quantitative estimate of drug-likeness (QED) is 0.856. The minimum atomic E-state index is 0.198. The molecular weight excluding hydrogens is 332 g/mol. The van der Waals surface area contributed by atoms with Crippen molar-refractivity contribution in [3.63, 3.8) is 0 Å². The number of hydrogen-bond donors (Lipinski definition) is 1. The summed E-state index contributed by atoms with van der Waals surface area (Å²) in [5.41, 5.74) is 1.16. The van der Waals surface area contributed by atoms with Gasteiger partial charge < -0.3 is 19.0 Å². The third kappa shape index (κ3) is 3.72. The molecule has 0 bridgehead atoms. The van der Waals surface area contributed by atoms with Crippen LogP contribution in [0.5, 0.6) is 11.5 Å². The van der Waals surface area contributed by atoms with E-state index >= 15 is 0 Å². The van der Waals surface area contributed by atoms with Crippen LogP contribution in [0.25, 0.3) is 0 Å². The first kappa shape index (κ1) is 17.4. The van der Waals surface area contributed by atoms with Crippen LogP contribution < -0.4 is 9.47 Å². The fourth-order valence-electron chi connectivity index (χ4n) is 3.86. The predicted molar refractivity (Wildman–Crippen MR) is 97.2 cm³/mol. The second kappa shape index (κ2) is 7.70. The van der Waals surface area contributed by atoms with Gasteiger partial charge in [-0.25, -0.2) is 0 Å². The number of aliphatic hydroxyl groups excluding tert-OH is 1. The van der Waals surface area contributed by atoms with E-state index in [0.29, 0.717) is 12.8 Å². The van der Waals surface area contributed by atoms with Gasteiger partial charge in [-0.1, -0.05) is 12.1 Å². The van der Waals surface area contributed by atoms with Crippen molar-refractivity contribution < 1.29 is 19.0 Å². The van der Waals surface area contributed by atoms with Gasteiger partial charge in [0.25, 0.3) is 0 Å². The van der Waals surface area contributed by atoms with Crippen LogP contribution in [0.4, 0.5) is 0 Å². The lowest BCUT2D eigenvalue weighted by atomic mass is 10.1. The Labute approximate surface area is 153 Å². The van der Waals surface area contributed by atoms with Gasteiger partial charge in [-0.05, 0) is 31.5 Å². The number of para-hydroxylation sites is 1. The van der Waals surface area contributed by atoms with Crippen molar-refractivity contribution in [2.24, 2.45) is 0 Å². The molecule has 0 aliphatic carbocycles. The van der Waals surface area contributed by atoms with Crippen molar-refractivity contribution in [2.45, 2.75) is 32.5 Å². The number of fused-ring (bicyclic) bond motifs is 1. The summed E-state index contributed by atoms with van der Waals surface area (Å²) in [6.07, 6.45) is 0.767. The summed E-state index contributed by atoms with van der Waals surface area (Å²) < 4.78 is 16.9. The summed E-state index contributed by atoms with van der Waals surface area (Å²) in [5.74, 6) is 3.64. The van der Waals surface area contributed by atoms with E-state index < -0.39 is 0 Å². The third-order valence-electron chi connectivity index (χ3n) is 5.18. The van der Waals surface area contributed by atoms with Crippen LogP contribution in [0.15, 0.2) is 34.7 Å². The van der Waals surface area contributed by atoms with Gasteiger partial charge in [-0.3, -0.25) is 9.80 Å². The normalized spacial score (nSPS) is 20.6. The first-order valence-electron chi connectivity index (χ1n) is 9.23. The van der Waals surface area contributed by atoms with E-state index in [-0.39, 0.29) is 6.61 Å². The molecule has 0 amide bonds. The molecule has 2 aliphatic heterocycles. The largest absolute Gasteiger partial charge is 0.465 e. The predicted octanol–water partition coefficient (Wildman–Crippen LogP) is 2.39. The number of hydrogen-bond acceptors (Lipinski definition) is 6. The molecule has 0 unspecified atom stereocenters. The lowest BCUT2D eigenvalue weighted by molar-refractivity contribution is 0.0450. The SMILES string of the molecule is Cc1ccc(CN2CCN(Cc3cccc4c3OCO4)C[C@H]2CCO)o1. The van der Waals surface area contributed by atoms with E-state index in [1.807, 2.05) is 31.2 Å². The van der Waals surface area contributed by atoms with E-state index in [0.717, 1.165) is 67.7 Å². The number of rotatable bonds is 6. The van der Waals surface area contributed by atoms with Gasteiger partial charge in [0.2, 0.25) is 6.79 Å². The third-order valence-corrected chi connectivity index (χ3v) is 5.18. The van der Waals surface area contributed by atoms with Crippen LogP contribution in [0, 0.1) is 6.92 Å². The van der Waals surface area contributed by atoms with E-state index in [1.54, 1.807) is 0 Å². The minimum Gasteiger partial charge on any atom is -0.465 e. The molecule has 3 heterocycles. The lowest BCUT2D eigenvalue weighted by Crippen LogP contribution is -2.52. The lowest BCUT2D eigenvalue weighted by Gasteiger charge is -2.41. The van der Waals surface area contributed by atoms with Crippen molar-refractivity contribution in [3.05, 3.63) is 47.4 Å². The van der Waals surface area contributed by atoms with Crippen molar-refractivity contribution in [1.29, 1.82) is 0 Å². The van der Waals surface area contributed by atoms with E-state index in [1.165, 1.54) is 0 Å². The molecule has 1 saturated heterocycles. The minimum absolute atomic E-state index is 0.198. The number of furan rings is 1. The topological polar surface area (TPSA) is 58.3 Å². The monoisotopic (exact) mass is 358 g/mol. The zero-order valence-electron chi connectivity index (χ0n) is 15.2. The Balaban J connectivity index is 1.42. The Hall–Kier alpha value is -2.02. The average molecular weight is 358 g/mol. The number of piperazine rings is 1. The first-order chi connectivity index (χ1) is 12.7. The summed E-state index contributed by atoms with van der Waals surface area (Å²) >= 11 is 0. The fraction of sp³-hybridized carbons (Fsp3) is 0.500. The first-order valence-corrected chi connectivity index (χ1v) is 9.23. The van der Waals surface area contributed by atoms with Crippen LogP contribution in [-0.2, 0) is 13.1 Å². The molecule has 140 valence electrons. The molecule has 0 radical (unpaired) electrons. The maximum atomic E-state index is 9.50. The number of benzene rings is 1. The molecule has 2 aliphatic rings. The molecule has 26 heavy (non-hydrogen) atoms. The highest BCUT2D eigenvalue weighted by atomic mass is 16.7. The van der Waals surface area contributed by atoms with Crippen molar-refractivity contribution in [1.82, 2.24) is 9.80 Å². The van der Waals surface area contributed by atoms with Gasteiger partial charge >= 0.3 is 0 Å². The Morgan fingerprint density at radius 1 is 1.12 bits per heavy atom. The van der Waals surface area contributed by atoms with Crippen molar-refractivity contribution in [2.75, 3.05) is 33.0 Å². The number of aliphatic hydroxyl groups is 1. The molecule has 1 aromatic heterocycles. The van der Waals surface area contributed by atoms with Gasteiger partial charge in [0.1, 0.15) is 11.5 Å². The van der Waals surface area contributed by atoms with Crippen LogP contribution >= 0.6 is 0 Å². The average Bonchev–Trinajstić information content (AvgIpc) is 3.27. The van der Waals surface area contributed by atoms with Crippen LogP contribution in [0.2, 0.25) is 0 Å². The molecule has 0 spiro atoms. The summed E-state index contributed by atoms with van der Waals surface area (Å²) in [7, 11) is 0. The highest BCUT2D eigenvalue weighted by Crippen LogP contribution is 2.36. The second-order valence-electron chi connectivity index (χ2n) is 7.03. The summed E-state index contributed by atoms with van der Waals surface area (Å²) in [6, 6.07) is 10.4. The zero-order chi connectivity index (χ0) is 17.9. The van der Waals surface area contributed by atoms with E-state index in [9.17, 15) is 5.11 Å². The van der Waals surface area contributed by atoms with E-state index in [2.05, 4.69) is 15.9 Å². The molecule has 1 N–H and O–H groups in total. The molecule has 1 fully saturated rings. The molecule has 6 nitrogen and oxygen atoms in total. The van der Waals surface area contributed by atoms with Gasteiger partial charge in [-0.15, -0.1) is 0 Å². The number of nitrogens with zero attached hydrogens (tertiary/aromatic N) is 2. The Kier molecular flexibility index (Phi) is 5.15. The van der Waals surface area contributed by atoms with Crippen molar-refractivity contribution >= 4 is 0 Å². The molecule has 2 aromatic rings. The summed E-state index contributed by atoms with van der Waals surface area (Å²) in [4.78, 5) is 4.85. The Bertz CT molecular complexity index is 745. The Morgan fingerprint density at radius 2 is 2.04 bits per heavy atom. The maximum Gasteiger partial charge on any atom is 0.231 e. The smallest absolute Gasteiger partial charge is 0.231 e. The van der Waals surface area contributed by atoms with Gasteiger partial charge in [0.15, 0.2) is 11.5 Å². The molecule has 0 saturated carbocycles.